The number of nitrogens with zero attached hydrogens (tertiary/aromatic N) is 5. The average Bonchev–Trinajstić information content (AvgIpc) is 3.63. The van der Waals surface area contributed by atoms with Crippen LogP contribution in [0.15, 0.2) is 61.1 Å². The van der Waals surface area contributed by atoms with E-state index in [1.54, 1.807) is 48.2 Å². The first kappa shape index (κ1) is 32.7. The lowest BCUT2D eigenvalue weighted by Crippen LogP contribution is -2.38. The third-order valence-corrected chi connectivity index (χ3v) is 11.1. The van der Waals surface area contributed by atoms with E-state index in [2.05, 4.69) is 19.6 Å². The number of fused-ring (bicyclic) bond motifs is 2. The summed E-state index contributed by atoms with van der Waals surface area (Å²) in [4.78, 5) is 38.9. The molecule has 47 heavy (non-hydrogen) atoms. The maximum Gasteiger partial charge on any atom is 0.262 e. The number of rotatable bonds is 9. The number of carbonyl (C=O) groups is 2. The topological polar surface area (TPSA) is 128 Å². The molecule has 0 radical (unpaired) electrons. The highest BCUT2D eigenvalue weighted by molar-refractivity contribution is 7.89. The predicted octanol–water partition coefficient (Wildman–Crippen LogP) is 5.47. The van der Waals surface area contributed by atoms with Crippen LogP contribution < -0.4 is 14.4 Å². The summed E-state index contributed by atoms with van der Waals surface area (Å²) in [6, 6.07) is 14.2. The summed E-state index contributed by atoms with van der Waals surface area (Å²) in [5.74, 6) is 1.17. The number of hydrogen-bond acceptors (Lipinski definition) is 8. The molecule has 11 nitrogen and oxygen atoms in total. The lowest BCUT2D eigenvalue weighted by Gasteiger charge is -2.35. The Hall–Kier alpha value is -4.26. The van der Waals surface area contributed by atoms with Crippen LogP contribution in [0.5, 0.6) is 5.75 Å². The Morgan fingerprint density at radius 1 is 1.04 bits per heavy atom. The fourth-order valence-corrected chi connectivity index (χ4v) is 7.96. The molecule has 1 N–H and O–H groups in total. The molecule has 0 aliphatic heterocycles. The quantitative estimate of drug-likeness (QED) is 0.218. The van der Waals surface area contributed by atoms with Gasteiger partial charge >= 0.3 is 0 Å². The summed E-state index contributed by atoms with van der Waals surface area (Å²) in [6.07, 6.45) is 6.50. The zero-order chi connectivity index (χ0) is 33.5. The highest BCUT2D eigenvalue weighted by Crippen LogP contribution is 2.34. The second kappa shape index (κ2) is 13.1. The van der Waals surface area contributed by atoms with E-state index in [9.17, 15) is 18.0 Å². The molecule has 0 spiro atoms. The largest absolute Gasteiger partial charge is 0.497 e. The number of hydrogen-bond donors (Lipinski definition) is 1. The van der Waals surface area contributed by atoms with Crippen LogP contribution in [0.3, 0.4) is 0 Å². The molecule has 3 aromatic heterocycles. The molecule has 6 rings (SSSR count). The van der Waals surface area contributed by atoms with Gasteiger partial charge in [-0.3, -0.25) is 18.7 Å². The fraction of sp³-hybridized carbons (Fsp3) is 0.353. The van der Waals surface area contributed by atoms with Crippen LogP contribution in [-0.2, 0) is 16.4 Å². The summed E-state index contributed by atoms with van der Waals surface area (Å²) in [7, 11) is 1.77. The highest BCUT2D eigenvalue weighted by atomic mass is 35.5. The summed E-state index contributed by atoms with van der Waals surface area (Å²) < 4.78 is 35.2. The van der Waals surface area contributed by atoms with Gasteiger partial charge in [0.05, 0.1) is 30.2 Å². The summed E-state index contributed by atoms with van der Waals surface area (Å²) >= 11 is 6.07. The Bertz CT molecular complexity index is 2080. The molecule has 246 valence electrons. The second-order valence-electron chi connectivity index (χ2n) is 12.1. The van der Waals surface area contributed by atoms with Gasteiger partial charge in [0.2, 0.25) is 15.9 Å². The fourth-order valence-electron chi connectivity index (χ4n) is 6.72. The minimum atomic E-state index is -3.25. The molecule has 5 aromatic rings. The minimum absolute atomic E-state index is 0.0227. The van der Waals surface area contributed by atoms with Gasteiger partial charge in [-0.25, -0.2) is 23.1 Å². The second-order valence-corrected chi connectivity index (χ2v) is 14.5. The van der Waals surface area contributed by atoms with Crippen LogP contribution in [0, 0.1) is 12.8 Å². The summed E-state index contributed by atoms with van der Waals surface area (Å²) in [5.41, 5.74) is 3.02. The summed E-state index contributed by atoms with van der Waals surface area (Å²) in [5, 5.41) is 2.04. The van der Waals surface area contributed by atoms with Crippen LogP contribution >= 0.6 is 11.6 Å². The summed E-state index contributed by atoms with van der Waals surface area (Å²) in [6.45, 7) is 1.84. The Morgan fingerprint density at radius 2 is 1.77 bits per heavy atom. The molecule has 0 saturated heterocycles. The Balaban J connectivity index is 1.28. The third kappa shape index (κ3) is 6.37. The molecule has 1 aliphatic rings. The average molecular weight is 677 g/mol. The standard InChI is InChI=1S/C34H37ClN6O5S/c1-21-28(29-17-26(46-4)13-14-30(29)41(21)34(43)23-7-9-24(35)10-8-23)18-31(42)40-16-15-27-32(37-20-38-33(27)40)39(3)25-11-5-22(6-12-25)19-47(44,45)36-2/h7-10,13-17,20,22,25,36H,5-6,11-12,18-19H2,1-4H3. The van der Waals surface area contributed by atoms with Gasteiger partial charge in [-0.05, 0) is 99.7 Å². The monoisotopic (exact) mass is 676 g/mol. The molecule has 0 bridgehead atoms. The number of halogens is 1. The lowest BCUT2D eigenvalue weighted by molar-refractivity contribution is 0.0915. The van der Waals surface area contributed by atoms with Crippen molar-refractivity contribution in [3.8, 4) is 5.75 Å². The Labute approximate surface area is 278 Å². The van der Waals surface area contributed by atoms with Gasteiger partial charge in [0.25, 0.3) is 5.91 Å². The zero-order valence-electron chi connectivity index (χ0n) is 26.7. The molecule has 2 aromatic carbocycles. The Kier molecular flexibility index (Phi) is 9.10. The molecular weight excluding hydrogens is 640 g/mol. The molecule has 13 heteroatoms. The number of aromatic nitrogens is 4. The first-order valence-electron chi connectivity index (χ1n) is 15.5. The van der Waals surface area contributed by atoms with Crippen molar-refractivity contribution in [2.45, 2.75) is 45.1 Å². The third-order valence-electron chi connectivity index (χ3n) is 9.36. The van der Waals surface area contributed by atoms with E-state index in [1.807, 2.05) is 32.2 Å². The minimum Gasteiger partial charge on any atom is -0.497 e. The molecule has 0 unspecified atom stereocenters. The van der Waals surface area contributed by atoms with Gasteiger partial charge in [-0.1, -0.05) is 11.6 Å². The van der Waals surface area contributed by atoms with E-state index < -0.39 is 10.0 Å². The van der Waals surface area contributed by atoms with Crippen LogP contribution in [0.25, 0.3) is 21.9 Å². The van der Waals surface area contributed by atoms with E-state index in [0.29, 0.717) is 33.2 Å². The molecule has 3 heterocycles. The van der Waals surface area contributed by atoms with Gasteiger partial charge < -0.3 is 9.64 Å². The van der Waals surface area contributed by atoms with Gasteiger partial charge in [-0.15, -0.1) is 0 Å². The van der Waals surface area contributed by atoms with Crippen molar-refractivity contribution < 1.29 is 22.7 Å². The maximum atomic E-state index is 14.0. The molecule has 1 fully saturated rings. The SMILES string of the molecule is CNS(=O)(=O)CC1CCC(N(C)c2ncnc3c2ccn3C(=O)Cc2c(C)n(C(=O)c3ccc(Cl)cc3)c3ccc(OC)cc23)CC1. The number of anilines is 1. The van der Waals surface area contributed by atoms with Gasteiger partial charge in [0.15, 0.2) is 5.65 Å². The smallest absolute Gasteiger partial charge is 0.262 e. The predicted molar refractivity (Wildman–Crippen MR) is 183 cm³/mol. The highest BCUT2D eigenvalue weighted by Gasteiger charge is 2.29. The van der Waals surface area contributed by atoms with E-state index in [-0.39, 0.29) is 35.9 Å². The van der Waals surface area contributed by atoms with Gasteiger partial charge in [0, 0.05) is 41.0 Å². The molecular formula is C34H37ClN6O5S. The van der Waals surface area contributed by atoms with Crippen LogP contribution in [0.4, 0.5) is 5.82 Å². The van der Waals surface area contributed by atoms with Crippen molar-refractivity contribution in [1.29, 1.82) is 0 Å². The van der Waals surface area contributed by atoms with Crippen molar-refractivity contribution in [2.75, 3.05) is 31.9 Å². The maximum absolute atomic E-state index is 14.0. The van der Waals surface area contributed by atoms with Gasteiger partial charge in [-0.2, -0.15) is 0 Å². The number of ether oxygens (including phenoxy) is 1. The first-order chi connectivity index (χ1) is 22.5. The molecule has 0 atom stereocenters. The van der Waals surface area contributed by atoms with Gasteiger partial charge in [0.1, 0.15) is 17.9 Å². The number of sulfonamides is 1. The number of carbonyl (C=O) groups excluding carboxylic acids is 2. The van der Waals surface area contributed by atoms with E-state index in [0.717, 1.165) is 47.8 Å². The van der Waals surface area contributed by atoms with Crippen LogP contribution in [0.2, 0.25) is 5.02 Å². The van der Waals surface area contributed by atoms with Crippen molar-refractivity contribution in [3.05, 3.63) is 82.9 Å². The Morgan fingerprint density at radius 3 is 2.45 bits per heavy atom. The molecule has 1 saturated carbocycles. The van der Waals surface area contributed by atoms with Crippen LogP contribution in [-0.4, -0.2) is 72.3 Å². The van der Waals surface area contributed by atoms with Crippen molar-refractivity contribution in [1.82, 2.24) is 23.8 Å². The lowest BCUT2D eigenvalue weighted by atomic mass is 9.86. The molecule has 1 aliphatic carbocycles. The molecule has 0 amide bonds. The van der Waals surface area contributed by atoms with E-state index in [4.69, 9.17) is 16.3 Å². The van der Waals surface area contributed by atoms with Crippen molar-refractivity contribution in [2.24, 2.45) is 5.92 Å². The number of benzene rings is 2. The zero-order valence-corrected chi connectivity index (χ0v) is 28.3. The van der Waals surface area contributed by atoms with Crippen molar-refractivity contribution >= 4 is 61.2 Å². The number of nitrogens with one attached hydrogen (secondary N) is 1. The van der Waals surface area contributed by atoms with E-state index in [1.165, 1.54) is 17.9 Å². The van der Waals surface area contributed by atoms with Crippen LogP contribution in [0.1, 0.15) is 52.1 Å². The number of methoxy groups -OCH3 is 1. The van der Waals surface area contributed by atoms with Crippen molar-refractivity contribution in [3.63, 3.8) is 0 Å². The van der Waals surface area contributed by atoms with E-state index >= 15 is 0 Å². The first-order valence-corrected chi connectivity index (χ1v) is 17.5. The normalized spacial score (nSPS) is 16.9.